The number of nitrogens with zero attached hydrogens (tertiary/aromatic N) is 2. The molecule has 1 aromatic rings. The number of aromatic nitrogens is 2. The van der Waals surface area contributed by atoms with Crippen LogP contribution in [0.1, 0.15) is 66.8 Å². The first-order valence-electron chi connectivity index (χ1n) is 9.85. The Morgan fingerprint density at radius 3 is 2.64 bits per heavy atom. The molecule has 4 bridgehead atoms. The standard InChI is InChI=1S/C20H27N3O2/c1-11-21-10-16(17(22-11)6-12-2-3-12)19(24)23-18-14-4-13-5-15(18)9-20(25,7-13)8-14/h10,12-15,18,25H,2-9H2,1H3,(H,23,24). The third kappa shape index (κ3) is 2.86. The molecule has 2 N–H and O–H groups in total. The first-order chi connectivity index (χ1) is 12.0. The quantitative estimate of drug-likeness (QED) is 0.882. The smallest absolute Gasteiger partial charge is 0.254 e. The Labute approximate surface area is 148 Å². The van der Waals surface area contributed by atoms with Crippen molar-refractivity contribution in [2.75, 3.05) is 0 Å². The summed E-state index contributed by atoms with van der Waals surface area (Å²) in [6.07, 6.45) is 10.1. The fraction of sp³-hybridized carbons (Fsp3) is 0.750. The van der Waals surface area contributed by atoms with Crippen LogP contribution in [0.3, 0.4) is 0 Å². The van der Waals surface area contributed by atoms with Crippen molar-refractivity contribution in [3.8, 4) is 0 Å². The lowest BCUT2D eigenvalue weighted by atomic mass is 9.52. The van der Waals surface area contributed by atoms with E-state index in [9.17, 15) is 9.90 Å². The number of nitrogens with one attached hydrogen (secondary N) is 1. The topological polar surface area (TPSA) is 75.1 Å². The summed E-state index contributed by atoms with van der Waals surface area (Å²) in [6.45, 7) is 1.89. The van der Waals surface area contributed by atoms with Crippen molar-refractivity contribution in [3.05, 3.63) is 23.3 Å². The number of hydrogen-bond acceptors (Lipinski definition) is 4. The minimum Gasteiger partial charge on any atom is -0.390 e. The monoisotopic (exact) mass is 341 g/mol. The zero-order valence-corrected chi connectivity index (χ0v) is 14.9. The molecule has 0 spiro atoms. The summed E-state index contributed by atoms with van der Waals surface area (Å²) < 4.78 is 0. The number of rotatable bonds is 4. The van der Waals surface area contributed by atoms with E-state index in [4.69, 9.17) is 0 Å². The summed E-state index contributed by atoms with van der Waals surface area (Å²) in [7, 11) is 0. The highest BCUT2D eigenvalue weighted by Crippen LogP contribution is 2.55. The van der Waals surface area contributed by atoms with Crippen LogP contribution in [0.2, 0.25) is 0 Å². The molecule has 5 heteroatoms. The Morgan fingerprint density at radius 1 is 1.28 bits per heavy atom. The maximum absolute atomic E-state index is 13.0. The molecule has 5 nitrogen and oxygen atoms in total. The van der Waals surface area contributed by atoms with Crippen molar-refractivity contribution < 1.29 is 9.90 Å². The van der Waals surface area contributed by atoms with Crippen LogP contribution in [0.15, 0.2) is 6.20 Å². The van der Waals surface area contributed by atoms with E-state index in [0.717, 1.165) is 50.0 Å². The third-order valence-electron chi connectivity index (χ3n) is 6.95. The molecular weight excluding hydrogens is 314 g/mol. The van der Waals surface area contributed by atoms with Crippen molar-refractivity contribution in [2.45, 2.75) is 69.9 Å². The molecule has 134 valence electrons. The van der Waals surface area contributed by atoms with E-state index >= 15 is 0 Å². The molecule has 0 aromatic carbocycles. The Hall–Kier alpha value is -1.49. The van der Waals surface area contributed by atoms with E-state index in [0.29, 0.717) is 29.2 Å². The van der Waals surface area contributed by atoms with Crippen LogP contribution in [-0.4, -0.2) is 32.6 Å². The highest BCUT2D eigenvalue weighted by molar-refractivity contribution is 5.95. The van der Waals surface area contributed by atoms with Crippen molar-refractivity contribution in [1.29, 1.82) is 0 Å². The molecule has 1 heterocycles. The van der Waals surface area contributed by atoms with Crippen LogP contribution in [0.25, 0.3) is 0 Å². The molecular formula is C20H27N3O2. The Balaban J connectivity index is 1.36. The van der Waals surface area contributed by atoms with Gasteiger partial charge in [0.25, 0.3) is 5.91 Å². The summed E-state index contributed by atoms with van der Waals surface area (Å²) in [5.74, 6) is 2.93. The van der Waals surface area contributed by atoms with Gasteiger partial charge in [-0.25, -0.2) is 9.97 Å². The summed E-state index contributed by atoms with van der Waals surface area (Å²) in [5.41, 5.74) is 1.11. The number of aryl methyl sites for hydroxylation is 1. The van der Waals surface area contributed by atoms with Gasteiger partial charge in [0.1, 0.15) is 5.82 Å². The molecule has 0 radical (unpaired) electrons. The van der Waals surface area contributed by atoms with E-state index in [1.54, 1.807) is 6.20 Å². The van der Waals surface area contributed by atoms with Crippen molar-refractivity contribution in [3.63, 3.8) is 0 Å². The highest BCUT2D eigenvalue weighted by Gasteiger charge is 2.55. The van der Waals surface area contributed by atoms with Crippen LogP contribution < -0.4 is 5.32 Å². The second kappa shape index (κ2) is 5.50. The average Bonchev–Trinajstić information content (AvgIpc) is 3.33. The van der Waals surface area contributed by atoms with Gasteiger partial charge in [0, 0.05) is 12.2 Å². The maximum atomic E-state index is 13.0. The number of aliphatic hydroxyl groups is 1. The Morgan fingerprint density at radius 2 is 2.00 bits per heavy atom. The van der Waals surface area contributed by atoms with Crippen molar-refractivity contribution in [2.24, 2.45) is 23.7 Å². The third-order valence-corrected chi connectivity index (χ3v) is 6.95. The summed E-state index contributed by atoms with van der Waals surface area (Å²) in [6, 6.07) is 0.208. The van der Waals surface area contributed by atoms with Crippen molar-refractivity contribution >= 4 is 5.91 Å². The molecule has 25 heavy (non-hydrogen) atoms. The molecule has 0 aliphatic heterocycles. The molecule has 0 saturated heterocycles. The minimum atomic E-state index is -0.457. The van der Waals surface area contributed by atoms with E-state index in [1.807, 2.05) is 6.92 Å². The normalized spacial score (nSPS) is 38.8. The second-order valence-corrected chi connectivity index (χ2v) is 9.12. The average molecular weight is 341 g/mol. The molecule has 5 aliphatic carbocycles. The zero-order valence-electron chi connectivity index (χ0n) is 14.9. The first kappa shape index (κ1) is 15.7. The van der Waals surface area contributed by atoms with Crippen LogP contribution in [0.5, 0.6) is 0 Å². The zero-order chi connectivity index (χ0) is 17.2. The van der Waals surface area contributed by atoms with Gasteiger partial charge in [0.15, 0.2) is 0 Å². The van der Waals surface area contributed by atoms with E-state index in [1.165, 1.54) is 12.8 Å². The molecule has 6 rings (SSSR count). The van der Waals surface area contributed by atoms with Gasteiger partial charge >= 0.3 is 0 Å². The highest BCUT2D eigenvalue weighted by atomic mass is 16.3. The lowest BCUT2D eigenvalue weighted by Gasteiger charge is -2.58. The fourth-order valence-corrected chi connectivity index (χ4v) is 5.90. The van der Waals surface area contributed by atoms with Gasteiger partial charge in [0.05, 0.1) is 16.9 Å². The first-order valence-corrected chi connectivity index (χ1v) is 9.85. The van der Waals surface area contributed by atoms with E-state index in [2.05, 4.69) is 15.3 Å². The predicted octanol–water partition coefficient (Wildman–Crippen LogP) is 2.41. The lowest BCUT2D eigenvalue weighted by Crippen LogP contribution is -2.61. The van der Waals surface area contributed by atoms with Gasteiger partial charge in [-0.3, -0.25) is 4.79 Å². The number of carbonyl (C=O) groups excluding carboxylic acids is 1. The number of amides is 1. The van der Waals surface area contributed by atoms with Crippen LogP contribution in [-0.2, 0) is 6.42 Å². The molecule has 2 atom stereocenters. The van der Waals surface area contributed by atoms with Gasteiger partial charge in [-0.05, 0) is 82.0 Å². The molecule has 2 unspecified atom stereocenters. The van der Waals surface area contributed by atoms with Gasteiger partial charge in [-0.2, -0.15) is 0 Å². The van der Waals surface area contributed by atoms with Crippen LogP contribution >= 0.6 is 0 Å². The van der Waals surface area contributed by atoms with Gasteiger partial charge in [-0.15, -0.1) is 0 Å². The SMILES string of the molecule is Cc1ncc(C(=O)NC2C3CC4CC2CC(O)(C4)C3)c(CC2CC2)n1. The van der Waals surface area contributed by atoms with Crippen molar-refractivity contribution in [1.82, 2.24) is 15.3 Å². The van der Waals surface area contributed by atoms with Crippen LogP contribution in [0, 0.1) is 30.6 Å². The predicted molar refractivity (Wildman–Crippen MR) is 93.0 cm³/mol. The van der Waals surface area contributed by atoms with E-state index in [-0.39, 0.29) is 11.9 Å². The van der Waals surface area contributed by atoms with Gasteiger partial charge in [-0.1, -0.05) is 0 Å². The molecule has 5 fully saturated rings. The van der Waals surface area contributed by atoms with Crippen LogP contribution in [0.4, 0.5) is 0 Å². The molecule has 5 aliphatic rings. The fourth-order valence-electron chi connectivity index (χ4n) is 5.90. The largest absolute Gasteiger partial charge is 0.390 e. The number of carbonyl (C=O) groups is 1. The molecule has 1 aromatic heterocycles. The maximum Gasteiger partial charge on any atom is 0.254 e. The van der Waals surface area contributed by atoms with Gasteiger partial charge < -0.3 is 10.4 Å². The Bertz CT molecular complexity index is 699. The molecule has 5 saturated carbocycles. The summed E-state index contributed by atoms with van der Waals surface area (Å²) >= 11 is 0. The van der Waals surface area contributed by atoms with E-state index < -0.39 is 5.60 Å². The second-order valence-electron chi connectivity index (χ2n) is 9.12. The minimum absolute atomic E-state index is 0.0138. The van der Waals surface area contributed by atoms with Gasteiger partial charge in [0.2, 0.25) is 0 Å². The molecule has 1 amide bonds. The number of hydrogen-bond donors (Lipinski definition) is 2. The summed E-state index contributed by atoms with van der Waals surface area (Å²) in [5, 5.41) is 14.0. The summed E-state index contributed by atoms with van der Waals surface area (Å²) in [4.78, 5) is 21.8. The Kier molecular flexibility index (Phi) is 3.46. The lowest BCUT2D eigenvalue weighted by molar-refractivity contribution is -0.136.